The van der Waals surface area contributed by atoms with Gasteiger partial charge in [-0.2, -0.15) is 5.26 Å². The Morgan fingerprint density at radius 3 is 2.76 bits per heavy atom. The van der Waals surface area contributed by atoms with Crippen LogP contribution in [0.1, 0.15) is 24.8 Å². The molecule has 0 radical (unpaired) electrons. The van der Waals surface area contributed by atoms with Gasteiger partial charge in [-0.3, -0.25) is 0 Å². The summed E-state index contributed by atoms with van der Waals surface area (Å²) in [6, 6.07) is 8.67. The van der Waals surface area contributed by atoms with E-state index in [0.717, 1.165) is 22.3 Å². The zero-order chi connectivity index (χ0) is 12.3. The van der Waals surface area contributed by atoms with Crippen LogP contribution in [0.15, 0.2) is 22.7 Å². The normalized spacial score (nSPS) is 14.4. The summed E-state index contributed by atoms with van der Waals surface area (Å²) in [5.41, 5.74) is 2.02. The Labute approximate surface area is 110 Å². The van der Waals surface area contributed by atoms with Gasteiger partial charge in [0.2, 0.25) is 0 Å². The predicted molar refractivity (Wildman–Crippen MR) is 70.7 cm³/mol. The lowest BCUT2D eigenvalue weighted by Crippen LogP contribution is -2.26. The third-order valence-electron chi connectivity index (χ3n) is 2.96. The fourth-order valence-electron chi connectivity index (χ4n) is 1.94. The Bertz CT molecular complexity index is 438. The molecular weight excluding hydrogens is 280 g/mol. The molecule has 17 heavy (non-hydrogen) atoms. The second-order valence-corrected chi connectivity index (χ2v) is 5.13. The summed E-state index contributed by atoms with van der Waals surface area (Å²) in [7, 11) is 0. The molecule has 3 nitrogen and oxygen atoms in total. The highest BCUT2D eigenvalue weighted by molar-refractivity contribution is 9.10. The molecule has 0 aliphatic heterocycles. The van der Waals surface area contributed by atoms with Crippen molar-refractivity contribution in [2.24, 2.45) is 0 Å². The SMILES string of the molecule is N#CCCN(c1ccc(CO)cc1Br)C1CC1. The van der Waals surface area contributed by atoms with E-state index in [9.17, 15) is 0 Å². The molecule has 1 fully saturated rings. The van der Waals surface area contributed by atoms with Crippen molar-refractivity contribution in [3.63, 3.8) is 0 Å². The molecule has 4 heteroatoms. The van der Waals surface area contributed by atoms with Crippen molar-refractivity contribution in [2.75, 3.05) is 11.4 Å². The number of hydrogen-bond donors (Lipinski definition) is 1. The first-order valence-electron chi connectivity index (χ1n) is 5.79. The van der Waals surface area contributed by atoms with Crippen LogP contribution in [0, 0.1) is 11.3 Å². The second-order valence-electron chi connectivity index (χ2n) is 4.28. The van der Waals surface area contributed by atoms with Crippen LogP contribution in [0.25, 0.3) is 0 Å². The number of anilines is 1. The van der Waals surface area contributed by atoms with Crippen molar-refractivity contribution in [1.82, 2.24) is 0 Å². The van der Waals surface area contributed by atoms with Crippen molar-refractivity contribution >= 4 is 21.6 Å². The number of nitrogens with zero attached hydrogens (tertiary/aromatic N) is 2. The molecule has 0 heterocycles. The minimum absolute atomic E-state index is 0.0561. The first-order valence-corrected chi connectivity index (χ1v) is 6.58. The van der Waals surface area contributed by atoms with E-state index in [2.05, 4.69) is 26.9 Å². The van der Waals surface area contributed by atoms with Gasteiger partial charge in [0, 0.05) is 17.1 Å². The standard InChI is InChI=1S/C13H15BrN2O/c14-12-8-10(9-17)2-5-13(12)16(7-1-6-15)11-3-4-11/h2,5,8,11,17H,1,3-4,7,9H2. The van der Waals surface area contributed by atoms with Gasteiger partial charge in [0.1, 0.15) is 0 Å². The zero-order valence-corrected chi connectivity index (χ0v) is 11.2. The largest absolute Gasteiger partial charge is 0.392 e. The number of aliphatic hydroxyl groups is 1. The third kappa shape index (κ3) is 2.99. The molecule has 0 unspecified atom stereocenters. The van der Waals surface area contributed by atoms with Crippen molar-refractivity contribution in [2.45, 2.75) is 31.9 Å². The topological polar surface area (TPSA) is 47.3 Å². The molecule has 1 aromatic rings. The fourth-order valence-corrected chi connectivity index (χ4v) is 2.59. The highest BCUT2D eigenvalue weighted by Crippen LogP contribution is 2.36. The quantitative estimate of drug-likeness (QED) is 0.908. The van der Waals surface area contributed by atoms with Crippen molar-refractivity contribution in [3.05, 3.63) is 28.2 Å². The van der Waals surface area contributed by atoms with Crippen molar-refractivity contribution in [3.8, 4) is 6.07 Å². The van der Waals surface area contributed by atoms with E-state index < -0.39 is 0 Å². The molecule has 0 saturated heterocycles. The van der Waals surface area contributed by atoms with Crippen LogP contribution in [0.3, 0.4) is 0 Å². The van der Waals surface area contributed by atoms with Crippen LogP contribution in [-0.2, 0) is 6.61 Å². The predicted octanol–water partition coefficient (Wildman–Crippen LogP) is 2.82. The first-order chi connectivity index (χ1) is 8.26. The van der Waals surface area contributed by atoms with Crippen LogP contribution < -0.4 is 4.90 Å². The lowest BCUT2D eigenvalue weighted by atomic mass is 10.2. The van der Waals surface area contributed by atoms with Crippen LogP contribution in [0.2, 0.25) is 0 Å². The van der Waals surface area contributed by atoms with Gasteiger partial charge in [-0.25, -0.2) is 0 Å². The Balaban J connectivity index is 2.20. The second kappa shape index (κ2) is 5.52. The van der Waals surface area contributed by atoms with Gasteiger partial charge in [-0.05, 0) is 46.5 Å². The van der Waals surface area contributed by atoms with E-state index in [0.29, 0.717) is 12.5 Å². The summed E-state index contributed by atoms with van der Waals surface area (Å²) >= 11 is 3.54. The summed E-state index contributed by atoms with van der Waals surface area (Å²) < 4.78 is 0.994. The smallest absolute Gasteiger partial charge is 0.0682 e. The molecule has 0 aromatic heterocycles. The number of benzene rings is 1. The maximum absolute atomic E-state index is 9.08. The molecule has 0 amide bonds. The summed E-state index contributed by atoms with van der Waals surface area (Å²) in [6.07, 6.45) is 2.96. The third-order valence-corrected chi connectivity index (χ3v) is 3.59. The molecule has 0 bridgehead atoms. The Kier molecular flexibility index (Phi) is 4.03. The van der Waals surface area contributed by atoms with Gasteiger partial charge in [0.05, 0.1) is 24.8 Å². The van der Waals surface area contributed by atoms with E-state index in [-0.39, 0.29) is 6.61 Å². The van der Waals surface area contributed by atoms with Crippen LogP contribution >= 0.6 is 15.9 Å². The molecule has 1 N–H and O–H groups in total. The van der Waals surface area contributed by atoms with Crippen LogP contribution in [-0.4, -0.2) is 17.7 Å². The number of rotatable bonds is 5. The van der Waals surface area contributed by atoms with E-state index in [1.165, 1.54) is 12.8 Å². The maximum atomic E-state index is 9.08. The number of hydrogen-bond acceptors (Lipinski definition) is 3. The molecule has 90 valence electrons. The van der Waals surface area contributed by atoms with Crippen LogP contribution in [0.5, 0.6) is 0 Å². The van der Waals surface area contributed by atoms with Gasteiger partial charge in [0.15, 0.2) is 0 Å². The molecule has 0 spiro atoms. The van der Waals surface area contributed by atoms with Gasteiger partial charge in [0.25, 0.3) is 0 Å². The highest BCUT2D eigenvalue weighted by Gasteiger charge is 2.29. The van der Waals surface area contributed by atoms with Crippen LogP contribution in [0.4, 0.5) is 5.69 Å². The minimum Gasteiger partial charge on any atom is -0.392 e. The number of halogens is 1. The average Bonchev–Trinajstić information content (AvgIpc) is 3.15. The van der Waals surface area contributed by atoms with Crippen molar-refractivity contribution in [1.29, 1.82) is 5.26 Å². The molecule has 1 aliphatic rings. The number of aliphatic hydroxyl groups excluding tert-OH is 1. The summed E-state index contributed by atoms with van der Waals surface area (Å²) in [5, 5.41) is 17.8. The number of nitriles is 1. The zero-order valence-electron chi connectivity index (χ0n) is 9.56. The van der Waals surface area contributed by atoms with Gasteiger partial charge < -0.3 is 10.0 Å². The van der Waals surface area contributed by atoms with E-state index in [1.54, 1.807) is 0 Å². The Hall–Kier alpha value is -1.05. The molecular formula is C13H15BrN2O. The Morgan fingerprint density at radius 1 is 1.47 bits per heavy atom. The lowest BCUT2D eigenvalue weighted by molar-refractivity contribution is 0.282. The van der Waals surface area contributed by atoms with E-state index in [4.69, 9.17) is 10.4 Å². The van der Waals surface area contributed by atoms with E-state index >= 15 is 0 Å². The summed E-state index contributed by atoms with van der Waals surface area (Å²) in [4.78, 5) is 2.29. The maximum Gasteiger partial charge on any atom is 0.0682 e. The fraction of sp³-hybridized carbons (Fsp3) is 0.462. The van der Waals surface area contributed by atoms with Gasteiger partial charge in [-0.15, -0.1) is 0 Å². The molecule has 1 aromatic carbocycles. The monoisotopic (exact) mass is 294 g/mol. The Morgan fingerprint density at radius 2 is 2.24 bits per heavy atom. The van der Waals surface area contributed by atoms with Gasteiger partial charge >= 0.3 is 0 Å². The summed E-state index contributed by atoms with van der Waals surface area (Å²) in [6.45, 7) is 0.832. The van der Waals surface area contributed by atoms with Crippen molar-refractivity contribution < 1.29 is 5.11 Å². The minimum atomic E-state index is 0.0561. The molecule has 2 rings (SSSR count). The molecule has 1 aliphatic carbocycles. The average molecular weight is 295 g/mol. The van der Waals surface area contributed by atoms with Gasteiger partial charge in [-0.1, -0.05) is 6.07 Å². The first kappa shape index (κ1) is 12.4. The lowest BCUT2D eigenvalue weighted by Gasteiger charge is -2.25. The molecule has 1 saturated carbocycles. The highest BCUT2D eigenvalue weighted by atomic mass is 79.9. The van der Waals surface area contributed by atoms with E-state index in [1.807, 2.05) is 18.2 Å². The summed E-state index contributed by atoms with van der Waals surface area (Å²) in [5.74, 6) is 0. The molecule has 0 atom stereocenters.